The normalized spacial score (nSPS) is 24.6. The van der Waals surface area contributed by atoms with Gasteiger partial charge in [0.05, 0.1) is 24.4 Å². The van der Waals surface area contributed by atoms with E-state index in [1.807, 2.05) is 0 Å². The summed E-state index contributed by atoms with van der Waals surface area (Å²) < 4.78 is 11.4. The largest absolute Gasteiger partial charge is 0.379 e. The van der Waals surface area contributed by atoms with Crippen LogP contribution in [0.4, 0.5) is 0 Å². The minimum absolute atomic E-state index is 0.0752. The Bertz CT molecular complexity index is 203. The summed E-state index contributed by atoms with van der Waals surface area (Å²) in [6, 6.07) is 0. The summed E-state index contributed by atoms with van der Waals surface area (Å²) in [6.07, 6.45) is 0. The maximum atomic E-state index is 6.02. The number of halogens is 1. The molecule has 0 bridgehead atoms. The molecule has 0 saturated carbocycles. The zero-order chi connectivity index (χ0) is 12.2. The molecule has 4 heteroatoms. The number of alkyl halides is 1. The number of ether oxygens (including phenoxy) is 2. The Kier molecular flexibility index (Phi) is 5.05. The molecule has 1 aliphatic heterocycles. The topological polar surface area (TPSA) is 21.7 Å². The number of morpholine rings is 1. The highest BCUT2D eigenvalue weighted by Crippen LogP contribution is 2.27. The lowest BCUT2D eigenvalue weighted by Crippen LogP contribution is -2.57. The fraction of sp³-hybridized carbons (Fsp3) is 1.00. The van der Waals surface area contributed by atoms with Crippen LogP contribution in [0.5, 0.6) is 0 Å². The Labute approximate surface area is 104 Å². The lowest BCUT2D eigenvalue weighted by molar-refractivity contribution is -0.181. The molecule has 3 nitrogen and oxygen atoms in total. The van der Waals surface area contributed by atoms with Crippen molar-refractivity contribution >= 4 is 11.6 Å². The van der Waals surface area contributed by atoms with Gasteiger partial charge in [0.15, 0.2) is 0 Å². The third kappa shape index (κ3) is 5.00. The Morgan fingerprint density at radius 3 is 2.19 bits per heavy atom. The van der Waals surface area contributed by atoms with Gasteiger partial charge in [-0.15, -0.1) is 11.6 Å². The molecular formula is C12H24ClNO2. The summed E-state index contributed by atoms with van der Waals surface area (Å²) in [4.78, 5) is 2.40. The Hall–Kier alpha value is 0.170. The van der Waals surface area contributed by atoms with Gasteiger partial charge in [0.2, 0.25) is 0 Å². The fourth-order valence-electron chi connectivity index (χ4n) is 2.45. The molecule has 0 aliphatic carbocycles. The van der Waals surface area contributed by atoms with Crippen molar-refractivity contribution in [3.63, 3.8) is 0 Å². The second kappa shape index (κ2) is 5.67. The second-order valence-corrected chi connectivity index (χ2v) is 6.01. The van der Waals surface area contributed by atoms with Gasteiger partial charge in [0, 0.05) is 25.5 Å². The van der Waals surface area contributed by atoms with Crippen molar-refractivity contribution < 1.29 is 9.47 Å². The van der Waals surface area contributed by atoms with Crippen molar-refractivity contribution in [2.75, 3.05) is 38.7 Å². The van der Waals surface area contributed by atoms with Crippen molar-refractivity contribution in [1.82, 2.24) is 4.90 Å². The summed E-state index contributed by atoms with van der Waals surface area (Å²) in [5, 5.41) is 0. The smallest absolute Gasteiger partial charge is 0.0760 e. The third-order valence-corrected chi connectivity index (χ3v) is 2.69. The molecule has 0 amide bonds. The van der Waals surface area contributed by atoms with Crippen LogP contribution >= 0.6 is 11.6 Å². The minimum atomic E-state index is -0.0752. The van der Waals surface area contributed by atoms with E-state index in [1.54, 1.807) is 0 Å². The molecule has 16 heavy (non-hydrogen) atoms. The molecule has 0 aromatic rings. The first-order chi connectivity index (χ1) is 7.35. The predicted molar refractivity (Wildman–Crippen MR) is 67.2 cm³/mol. The summed E-state index contributed by atoms with van der Waals surface area (Å²) in [5.41, 5.74) is -0.150. The van der Waals surface area contributed by atoms with Crippen LogP contribution in [0.3, 0.4) is 0 Å². The lowest BCUT2D eigenvalue weighted by atomic mass is 9.99. The van der Waals surface area contributed by atoms with E-state index in [1.165, 1.54) is 0 Å². The fourth-order valence-corrected chi connectivity index (χ4v) is 2.56. The van der Waals surface area contributed by atoms with E-state index >= 15 is 0 Å². The SMILES string of the molecule is CC1(C)CN(CCOCCCl)CC(C)(C)O1. The average Bonchev–Trinajstić information content (AvgIpc) is 2.07. The minimum Gasteiger partial charge on any atom is -0.379 e. The highest BCUT2D eigenvalue weighted by atomic mass is 35.5. The average molecular weight is 250 g/mol. The molecule has 1 fully saturated rings. The summed E-state index contributed by atoms with van der Waals surface area (Å²) in [7, 11) is 0. The van der Waals surface area contributed by atoms with Gasteiger partial charge in [0.1, 0.15) is 0 Å². The van der Waals surface area contributed by atoms with E-state index in [2.05, 4.69) is 32.6 Å². The Balaban J connectivity index is 2.36. The van der Waals surface area contributed by atoms with Gasteiger partial charge in [-0.25, -0.2) is 0 Å². The van der Waals surface area contributed by atoms with Crippen LogP contribution < -0.4 is 0 Å². The quantitative estimate of drug-likeness (QED) is 0.551. The van der Waals surface area contributed by atoms with Gasteiger partial charge >= 0.3 is 0 Å². The number of hydrogen-bond acceptors (Lipinski definition) is 3. The van der Waals surface area contributed by atoms with Gasteiger partial charge in [-0.1, -0.05) is 0 Å². The first kappa shape index (κ1) is 14.2. The first-order valence-electron chi connectivity index (χ1n) is 5.91. The van der Waals surface area contributed by atoms with Gasteiger partial charge < -0.3 is 9.47 Å². The molecule has 0 unspecified atom stereocenters. The molecule has 1 saturated heterocycles. The number of nitrogens with zero attached hydrogens (tertiary/aromatic N) is 1. The molecule has 1 aliphatic rings. The van der Waals surface area contributed by atoms with Crippen LogP contribution in [-0.2, 0) is 9.47 Å². The second-order valence-electron chi connectivity index (χ2n) is 5.63. The van der Waals surface area contributed by atoms with Crippen molar-refractivity contribution in [3.05, 3.63) is 0 Å². The summed E-state index contributed by atoms with van der Waals surface area (Å²) in [5.74, 6) is 0.570. The van der Waals surface area contributed by atoms with Crippen LogP contribution in [0.1, 0.15) is 27.7 Å². The number of rotatable bonds is 5. The van der Waals surface area contributed by atoms with E-state index in [0.29, 0.717) is 12.5 Å². The molecule has 1 heterocycles. The Morgan fingerprint density at radius 1 is 1.12 bits per heavy atom. The molecule has 0 aromatic heterocycles. The molecule has 0 aromatic carbocycles. The first-order valence-corrected chi connectivity index (χ1v) is 6.44. The van der Waals surface area contributed by atoms with Crippen molar-refractivity contribution in [2.45, 2.75) is 38.9 Å². The highest BCUT2D eigenvalue weighted by molar-refractivity contribution is 6.17. The predicted octanol–water partition coefficient (Wildman–Crippen LogP) is 2.13. The van der Waals surface area contributed by atoms with Crippen LogP contribution in [0.2, 0.25) is 0 Å². The van der Waals surface area contributed by atoms with Gasteiger partial charge in [-0.05, 0) is 27.7 Å². The number of hydrogen-bond donors (Lipinski definition) is 0. The van der Waals surface area contributed by atoms with E-state index in [4.69, 9.17) is 21.1 Å². The zero-order valence-corrected chi connectivity index (χ0v) is 11.6. The van der Waals surface area contributed by atoms with E-state index < -0.39 is 0 Å². The van der Waals surface area contributed by atoms with Crippen molar-refractivity contribution in [3.8, 4) is 0 Å². The highest BCUT2D eigenvalue weighted by Gasteiger charge is 2.37. The van der Waals surface area contributed by atoms with Crippen LogP contribution in [0.15, 0.2) is 0 Å². The maximum absolute atomic E-state index is 6.02. The van der Waals surface area contributed by atoms with Gasteiger partial charge in [-0.3, -0.25) is 4.90 Å². The van der Waals surface area contributed by atoms with Crippen LogP contribution in [0, 0.1) is 0 Å². The summed E-state index contributed by atoms with van der Waals surface area (Å²) in [6.45, 7) is 12.8. The van der Waals surface area contributed by atoms with Crippen molar-refractivity contribution in [1.29, 1.82) is 0 Å². The third-order valence-electron chi connectivity index (χ3n) is 2.53. The van der Waals surface area contributed by atoms with Gasteiger partial charge in [0.25, 0.3) is 0 Å². The molecule has 96 valence electrons. The van der Waals surface area contributed by atoms with Crippen molar-refractivity contribution in [2.24, 2.45) is 0 Å². The molecule has 1 rings (SSSR count). The van der Waals surface area contributed by atoms with E-state index in [9.17, 15) is 0 Å². The summed E-state index contributed by atoms with van der Waals surface area (Å²) >= 11 is 5.56. The van der Waals surface area contributed by atoms with Crippen LogP contribution in [-0.4, -0.2) is 54.8 Å². The van der Waals surface area contributed by atoms with E-state index in [-0.39, 0.29) is 11.2 Å². The maximum Gasteiger partial charge on any atom is 0.0760 e. The zero-order valence-electron chi connectivity index (χ0n) is 10.9. The van der Waals surface area contributed by atoms with Gasteiger partial charge in [-0.2, -0.15) is 0 Å². The lowest BCUT2D eigenvalue weighted by Gasteiger charge is -2.47. The molecule has 0 radical (unpaired) electrons. The Morgan fingerprint density at radius 2 is 1.69 bits per heavy atom. The standard InChI is InChI=1S/C12H24ClNO2/c1-11(2)9-14(6-8-15-7-5-13)10-12(3,4)16-11/h5-10H2,1-4H3. The monoisotopic (exact) mass is 249 g/mol. The van der Waals surface area contributed by atoms with E-state index in [0.717, 1.165) is 26.2 Å². The molecule has 0 spiro atoms. The molecule has 0 N–H and O–H groups in total. The molecule has 0 atom stereocenters. The molecular weight excluding hydrogens is 226 g/mol. The van der Waals surface area contributed by atoms with Crippen LogP contribution in [0.25, 0.3) is 0 Å².